The van der Waals surface area contributed by atoms with Crippen LogP contribution in [0, 0.1) is 12.7 Å². The first-order valence-corrected chi connectivity index (χ1v) is 8.55. The lowest BCUT2D eigenvalue weighted by molar-refractivity contribution is 0.102. The topological polar surface area (TPSA) is 90.5 Å². The van der Waals surface area contributed by atoms with Crippen molar-refractivity contribution in [1.82, 2.24) is 29.8 Å². The van der Waals surface area contributed by atoms with E-state index in [1.165, 1.54) is 41.7 Å². The van der Waals surface area contributed by atoms with E-state index in [2.05, 4.69) is 25.6 Å². The number of halogens is 2. The summed E-state index contributed by atoms with van der Waals surface area (Å²) in [6.07, 6.45) is 5.93. The Kier molecular flexibility index (Phi) is 4.58. The van der Waals surface area contributed by atoms with Crippen LogP contribution in [-0.4, -0.2) is 35.7 Å². The third-order valence-electron chi connectivity index (χ3n) is 4.01. The van der Waals surface area contributed by atoms with Crippen LogP contribution in [0.1, 0.15) is 16.1 Å². The van der Waals surface area contributed by atoms with Crippen LogP contribution < -0.4 is 5.32 Å². The highest BCUT2D eigenvalue weighted by Gasteiger charge is 2.16. The Morgan fingerprint density at radius 3 is 2.50 bits per heavy atom. The first-order valence-electron chi connectivity index (χ1n) is 8.17. The predicted octanol–water partition coefficient (Wildman–Crippen LogP) is 3.20. The first-order chi connectivity index (χ1) is 13.5. The Hall–Kier alpha value is -3.59. The predicted molar refractivity (Wildman–Crippen MR) is 100 cm³/mol. The Balaban J connectivity index is 1.56. The summed E-state index contributed by atoms with van der Waals surface area (Å²) in [7, 11) is 0. The van der Waals surface area contributed by atoms with E-state index in [-0.39, 0.29) is 16.7 Å². The molecule has 8 nitrogen and oxygen atoms in total. The molecule has 0 fully saturated rings. The number of carbonyl (C=O) groups excluding carboxylic acids is 1. The zero-order valence-corrected chi connectivity index (χ0v) is 15.3. The second-order valence-electron chi connectivity index (χ2n) is 5.83. The molecule has 0 bridgehead atoms. The molecule has 3 heterocycles. The fourth-order valence-electron chi connectivity index (χ4n) is 2.64. The van der Waals surface area contributed by atoms with Crippen molar-refractivity contribution in [2.45, 2.75) is 6.92 Å². The largest absolute Gasteiger partial charge is 0.320 e. The summed E-state index contributed by atoms with van der Waals surface area (Å²) in [5, 5.41) is 15.2. The van der Waals surface area contributed by atoms with Crippen LogP contribution in [0.3, 0.4) is 0 Å². The normalized spacial score (nSPS) is 10.8. The van der Waals surface area contributed by atoms with Crippen molar-refractivity contribution in [1.29, 1.82) is 0 Å². The van der Waals surface area contributed by atoms with Gasteiger partial charge in [-0.3, -0.25) is 4.79 Å². The summed E-state index contributed by atoms with van der Waals surface area (Å²) < 4.78 is 14.7. The van der Waals surface area contributed by atoms with Crippen molar-refractivity contribution in [2.75, 3.05) is 5.32 Å². The third kappa shape index (κ3) is 3.35. The highest BCUT2D eigenvalue weighted by atomic mass is 35.5. The number of nitrogens with zero attached hydrogens (tertiary/aromatic N) is 6. The lowest BCUT2D eigenvalue weighted by Gasteiger charge is -2.08. The monoisotopic (exact) mass is 397 g/mol. The van der Waals surface area contributed by atoms with Gasteiger partial charge in [0.05, 0.1) is 52.4 Å². The van der Waals surface area contributed by atoms with E-state index < -0.39 is 0 Å². The maximum absolute atomic E-state index is 13.1. The highest BCUT2D eigenvalue weighted by molar-refractivity contribution is 6.32. The molecule has 4 rings (SSSR count). The van der Waals surface area contributed by atoms with E-state index >= 15 is 0 Å². The highest BCUT2D eigenvalue weighted by Crippen LogP contribution is 2.22. The molecule has 1 amide bonds. The van der Waals surface area contributed by atoms with Gasteiger partial charge in [-0.25, -0.2) is 14.1 Å². The van der Waals surface area contributed by atoms with E-state index in [9.17, 15) is 9.18 Å². The fourth-order valence-corrected chi connectivity index (χ4v) is 2.89. The Morgan fingerprint density at radius 1 is 1.11 bits per heavy atom. The molecule has 3 aromatic heterocycles. The number of nitrogens with one attached hydrogen (secondary N) is 1. The van der Waals surface area contributed by atoms with E-state index in [0.717, 1.165) is 0 Å². The van der Waals surface area contributed by atoms with Crippen molar-refractivity contribution in [2.24, 2.45) is 0 Å². The van der Waals surface area contributed by atoms with Crippen molar-refractivity contribution in [3.8, 4) is 11.5 Å². The summed E-state index contributed by atoms with van der Waals surface area (Å²) in [6.45, 7) is 1.75. The molecular formula is C18H13ClFN7O. The van der Waals surface area contributed by atoms with Crippen LogP contribution in [0.15, 0.2) is 55.1 Å². The van der Waals surface area contributed by atoms with Crippen LogP contribution in [-0.2, 0) is 0 Å². The quantitative estimate of drug-likeness (QED) is 0.571. The molecule has 1 N–H and O–H groups in total. The summed E-state index contributed by atoms with van der Waals surface area (Å²) in [5.41, 5.74) is 2.05. The molecule has 0 aliphatic carbocycles. The summed E-state index contributed by atoms with van der Waals surface area (Å²) in [6, 6.07) is 7.40. The van der Waals surface area contributed by atoms with Gasteiger partial charge in [0.15, 0.2) is 5.82 Å². The van der Waals surface area contributed by atoms with Gasteiger partial charge in [0.25, 0.3) is 5.91 Å². The number of anilines is 1. The van der Waals surface area contributed by atoms with Crippen molar-refractivity contribution in [3.63, 3.8) is 0 Å². The minimum absolute atomic E-state index is 0.285. The van der Waals surface area contributed by atoms with Gasteiger partial charge in [-0.15, -0.1) is 4.80 Å². The molecule has 0 aliphatic rings. The zero-order chi connectivity index (χ0) is 19.7. The van der Waals surface area contributed by atoms with Crippen molar-refractivity contribution < 1.29 is 9.18 Å². The van der Waals surface area contributed by atoms with Crippen molar-refractivity contribution >= 4 is 23.2 Å². The SMILES string of the molecule is Cc1c(C(=O)Nc2cnc(-n3nccn3)c(Cl)c2)cnn1-c1ccc(F)cc1. The molecule has 0 atom stereocenters. The smallest absolute Gasteiger partial charge is 0.259 e. The van der Waals surface area contributed by atoms with Crippen molar-refractivity contribution in [3.05, 3.63) is 77.2 Å². The Morgan fingerprint density at radius 2 is 1.82 bits per heavy atom. The van der Waals surface area contributed by atoms with Gasteiger partial charge < -0.3 is 5.32 Å². The fraction of sp³-hybridized carbons (Fsp3) is 0.0556. The number of aromatic nitrogens is 6. The van der Waals surface area contributed by atoms with Crippen LogP contribution >= 0.6 is 11.6 Å². The zero-order valence-electron chi connectivity index (χ0n) is 14.5. The van der Waals surface area contributed by atoms with Gasteiger partial charge in [-0.2, -0.15) is 15.3 Å². The van der Waals surface area contributed by atoms with E-state index in [0.29, 0.717) is 28.5 Å². The average Bonchev–Trinajstić information content (AvgIpc) is 3.33. The molecule has 0 radical (unpaired) electrons. The molecule has 28 heavy (non-hydrogen) atoms. The second-order valence-corrected chi connectivity index (χ2v) is 6.24. The molecule has 0 aliphatic heterocycles. The van der Waals surface area contributed by atoms with Gasteiger partial charge >= 0.3 is 0 Å². The number of rotatable bonds is 4. The number of benzene rings is 1. The minimum atomic E-state index is -0.367. The van der Waals surface area contributed by atoms with E-state index in [4.69, 9.17) is 11.6 Å². The Labute approximate surface area is 163 Å². The number of carbonyl (C=O) groups is 1. The maximum atomic E-state index is 13.1. The van der Waals surface area contributed by atoms with Gasteiger partial charge in [0.2, 0.25) is 0 Å². The molecule has 0 saturated heterocycles. The van der Waals surface area contributed by atoms with Crippen LogP contribution in [0.5, 0.6) is 0 Å². The molecule has 0 spiro atoms. The first kappa shape index (κ1) is 17.8. The summed E-state index contributed by atoms with van der Waals surface area (Å²) >= 11 is 6.22. The van der Waals surface area contributed by atoms with Crippen LogP contribution in [0.25, 0.3) is 11.5 Å². The van der Waals surface area contributed by atoms with Gasteiger partial charge in [-0.05, 0) is 37.3 Å². The lowest BCUT2D eigenvalue weighted by atomic mass is 10.2. The summed E-state index contributed by atoms with van der Waals surface area (Å²) in [5.74, 6) is -0.358. The minimum Gasteiger partial charge on any atom is -0.320 e. The lowest BCUT2D eigenvalue weighted by Crippen LogP contribution is -2.14. The van der Waals surface area contributed by atoms with Crippen LogP contribution in [0.4, 0.5) is 10.1 Å². The van der Waals surface area contributed by atoms with Gasteiger partial charge in [0.1, 0.15) is 5.82 Å². The molecule has 140 valence electrons. The number of hydrogen-bond donors (Lipinski definition) is 1. The van der Waals surface area contributed by atoms with E-state index in [1.807, 2.05) is 0 Å². The number of pyridine rings is 1. The molecular weight excluding hydrogens is 385 g/mol. The van der Waals surface area contributed by atoms with Gasteiger partial charge in [-0.1, -0.05) is 11.6 Å². The van der Waals surface area contributed by atoms with E-state index in [1.54, 1.807) is 29.8 Å². The molecule has 10 heteroatoms. The second kappa shape index (κ2) is 7.20. The third-order valence-corrected chi connectivity index (χ3v) is 4.29. The molecule has 0 saturated carbocycles. The number of amides is 1. The standard InChI is InChI=1S/C18H13ClFN7O/c1-11-15(10-24-26(11)14-4-2-12(20)3-5-14)18(28)25-13-8-16(19)17(21-9-13)27-22-6-7-23-27/h2-10H,1H3,(H,25,28). The maximum Gasteiger partial charge on any atom is 0.259 e. The van der Waals surface area contributed by atoms with Crippen LogP contribution in [0.2, 0.25) is 5.02 Å². The summed E-state index contributed by atoms with van der Waals surface area (Å²) in [4.78, 5) is 18.1. The molecule has 0 unspecified atom stereocenters. The molecule has 1 aromatic carbocycles. The Bertz CT molecular complexity index is 1140. The number of hydrogen-bond acceptors (Lipinski definition) is 5. The molecule has 4 aromatic rings. The average molecular weight is 398 g/mol. The van der Waals surface area contributed by atoms with Gasteiger partial charge in [0, 0.05) is 0 Å².